The van der Waals surface area contributed by atoms with Crippen molar-refractivity contribution in [1.29, 1.82) is 0 Å². The lowest BCUT2D eigenvalue weighted by Crippen LogP contribution is -1.96. The van der Waals surface area contributed by atoms with Gasteiger partial charge in [0.15, 0.2) is 0 Å². The van der Waals surface area contributed by atoms with Crippen LogP contribution < -0.4 is 4.74 Å². The summed E-state index contributed by atoms with van der Waals surface area (Å²) in [6.45, 7) is 1.66. The van der Waals surface area contributed by atoms with E-state index in [0.717, 1.165) is 0 Å². The molecule has 0 amide bonds. The Morgan fingerprint density at radius 3 is 2.50 bits per heavy atom. The molecule has 0 aromatic heterocycles. The molecule has 0 radical (unpaired) electrons. The van der Waals surface area contributed by atoms with Gasteiger partial charge in [-0.2, -0.15) is 0 Å². The van der Waals surface area contributed by atoms with Crippen LogP contribution >= 0.6 is 23.2 Å². The number of hydrogen-bond acceptors (Lipinski definition) is 3. The molecule has 0 N–H and O–H groups in total. The summed E-state index contributed by atoms with van der Waals surface area (Å²) in [5, 5.41) is 11.0. The molecule has 0 saturated heterocycles. The zero-order valence-electron chi connectivity index (χ0n) is 7.51. The van der Waals surface area contributed by atoms with E-state index in [1.165, 1.54) is 13.2 Å². The Kier molecular flexibility index (Phi) is 3.18. The molecule has 0 aliphatic heterocycles. The van der Waals surface area contributed by atoms with E-state index < -0.39 is 4.92 Å². The second kappa shape index (κ2) is 4.02. The first-order valence-electron chi connectivity index (χ1n) is 3.66. The molecule has 76 valence electrons. The molecule has 1 aromatic carbocycles. The van der Waals surface area contributed by atoms with Crippen molar-refractivity contribution in [1.82, 2.24) is 0 Å². The van der Waals surface area contributed by atoms with E-state index in [0.29, 0.717) is 5.56 Å². The summed E-state index contributed by atoms with van der Waals surface area (Å²) >= 11 is 11.6. The molecule has 4 nitrogen and oxygen atoms in total. The minimum atomic E-state index is -0.587. The summed E-state index contributed by atoms with van der Waals surface area (Å²) in [7, 11) is 1.32. The third-order valence-electron chi connectivity index (χ3n) is 1.78. The molecule has 0 spiro atoms. The van der Waals surface area contributed by atoms with Gasteiger partial charge in [-0.3, -0.25) is 10.1 Å². The summed E-state index contributed by atoms with van der Waals surface area (Å²) in [5.74, 6) is 0.0403. The maximum Gasteiger partial charge on any atom is 0.314 e. The zero-order valence-corrected chi connectivity index (χ0v) is 9.02. The van der Waals surface area contributed by atoms with Crippen molar-refractivity contribution in [2.45, 2.75) is 6.92 Å². The molecular formula is C8H7Cl2NO3. The van der Waals surface area contributed by atoms with E-state index in [1.807, 2.05) is 0 Å². The van der Waals surface area contributed by atoms with Crippen LogP contribution in [0.5, 0.6) is 5.75 Å². The van der Waals surface area contributed by atoms with Gasteiger partial charge in [0.2, 0.25) is 5.75 Å². The van der Waals surface area contributed by atoms with Gasteiger partial charge in [-0.05, 0) is 12.5 Å². The van der Waals surface area contributed by atoms with Gasteiger partial charge in [-0.1, -0.05) is 23.2 Å². The molecule has 14 heavy (non-hydrogen) atoms. The molecule has 6 heteroatoms. The first kappa shape index (κ1) is 11.1. The topological polar surface area (TPSA) is 52.4 Å². The SMILES string of the molecule is COc1c([N+](=O)[O-])cc(Cl)c(C)c1Cl. The average Bonchev–Trinajstić information content (AvgIpc) is 2.13. The Morgan fingerprint density at radius 2 is 2.07 bits per heavy atom. The van der Waals surface area contributed by atoms with E-state index in [1.54, 1.807) is 6.92 Å². The van der Waals surface area contributed by atoms with Crippen molar-refractivity contribution in [3.63, 3.8) is 0 Å². The summed E-state index contributed by atoms with van der Waals surface area (Å²) in [6.07, 6.45) is 0. The second-order valence-corrected chi connectivity index (χ2v) is 3.39. The lowest BCUT2D eigenvalue weighted by Gasteiger charge is -2.07. The Labute approximate surface area is 90.5 Å². The molecule has 0 aliphatic rings. The number of benzene rings is 1. The lowest BCUT2D eigenvalue weighted by atomic mass is 10.2. The minimum absolute atomic E-state index is 0.0403. The zero-order chi connectivity index (χ0) is 10.9. The van der Waals surface area contributed by atoms with Crippen molar-refractivity contribution < 1.29 is 9.66 Å². The predicted octanol–water partition coefficient (Wildman–Crippen LogP) is 3.22. The predicted molar refractivity (Wildman–Crippen MR) is 54.4 cm³/mol. The van der Waals surface area contributed by atoms with Gasteiger partial charge >= 0.3 is 5.69 Å². The normalized spacial score (nSPS) is 10.0. The minimum Gasteiger partial charge on any atom is -0.489 e. The van der Waals surface area contributed by atoms with Gasteiger partial charge < -0.3 is 4.74 Å². The van der Waals surface area contributed by atoms with Gasteiger partial charge in [0, 0.05) is 6.07 Å². The Hall–Kier alpha value is -1.000. The van der Waals surface area contributed by atoms with E-state index in [9.17, 15) is 10.1 Å². The molecular weight excluding hydrogens is 229 g/mol. The average molecular weight is 236 g/mol. The van der Waals surface area contributed by atoms with Gasteiger partial charge in [-0.25, -0.2) is 0 Å². The van der Waals surface area contributed by atoms with E-state index >= 15 is 0 Å². The number of halogens is 2. The lowest BCUT2D eigenvalue weighted by molar-refractivity contribution is -0.385. The molecule has 0 unspecified atom stereocenters. The number of ether oxygens (including phenoxy) is 1. The Bertz CT molecular complexity index is 393. The molecule has 0 fully saturated rings. The van der Waals surface area contributed by atoms with Crippen molar-refractivity contribution in [3.8, 4) is 5.75 Å². The van der Waals surface area contributed by atoms with Crippen LogP contribution in [-0.4, -0.2) is 12.0 Å². The summed E-state index contributed by atoms with van der Waals surface area (Å²) < 4.78 is 4.84. The van der Waals surface area contributed by atoms with Crippen molar-refractivity contribution in [2.75, 3.05) is 7.11 Å². The van der Waals surface area contributed by atoms with Crippen LogP contribution in [0.2, 0.25) is 10.0 Å². The van der Waals surface area contributed by atoms with Crippen molar-refractivity contribution >= 4 is 28.9 Å². The molecule has 0 atom stereocenters. The number of methoxy groups -OCH3 is 1. The fourth-order valence-electron chi connectivity index (χ4n) is 1.01. The van der Waals surface area contributed by atoms with E-state index in [4.69, 9.17) is 27.9 Å². The molecule has 0 heterocycles. The van der Waals surface area contributed by atoms with Gasteiger partial charge in [0.1, 0.15) is 0 Å². The smallest absolute Gasteiger partial charge is 0.314 e. The van der Waals surface area contributed by atoms with Gasteiger partial charge in [0.05, 0.1) is 22.1 Å². The number of nitro benzene ring substituents is 1. The number of rotatable bonds is 2. The fourth-order valence-corrected chi connectivity index (χ4v) is 1.53. The number of nitro groups is 1. The third kappa shape index (κ3) is 1.76. The second-order valence-electron chi connectivity index (χ2n) is 2.61. The maximum absolute atomic E-state index is 10.6. The number of hydrogen-bond donors (Lipinski definition) is 0. The van der Waals surface area contributed by atoms with E-state index in [2.05, 4.69) is 0 Å². The first-order chi connectivity index (χ1) is 6.49. The molecule has 0 bridgehead atoms. The van der Waals surface area contributed by atoms with Crippen LogP contribution in [0.4, 0.5) is 5.69 Å². The van der Waals surface area contributed by atoms with Crippen molar-refractivity contribution in [2.24, 2.45) is 0 Å². The highest BCUT2D eigenvalue weighted by atomic mass is 35.5. The quantitative estimate of drug-likeness (QED) is 0.585. The van der Waals surface area contributed by atoms with Crippen LogP contribution in [0, 0.1) is 17.0 Å². The van der Waals surface area contributed by atoms with E-state index in [-0.39, 0.29) is 21.5 Å². The highest BCUT2D eigenvalue weighted by Crippen LogP contribution is 2.40. The molecule has 1 rings (SSSR count). The van der Waals surface area contributed by atoms with Crippen LogP contribution in [-0.2, 0) is 0 Å². The fraction of sp³-hybridized carbons (Fsp3) is 0.250. The Morgan fingerprint density at radius 1 is 1.50 bits per heavy atom. The maximum atomic E-state index is 10.6. The molecule has 1 aromatic rings. The standard InChI is InChI=1S/C8H7Cl2NO3/c1-4-5(9)3-6(11(12)13)8(14-2)7(4)10/h3H,1-2H3. The van der Waals surface area contributed by atoms with Gasteiger partial charge in [-0.15, -0.1) is 0 Å². The van der Waals surface area contributed by atoms with Crippen LogP contribution in [0.3, 0.4) is 0 Å². The number of nitrogens with zero attached hydrogens (tertiary/aromatic N) is 1. The highest BCUT2D eigenvalue weighted by molar-refractivity contribution is 6.37. The highest BCUT2D eigenvalue weighted by Gasteiger charge is 2.21. The monoisotopic (exact) mass is 235 g/mol. The third-order valence-corrected chi connectivity index (χ3v) is 2.63. The molecule has 0 aliphatic carbocycles. The summed E-state index contributed by atoms with van der Waals surface area (Å²) in [5.41, 5.74) is 0.337. The van der Waals surface area contributed by atoms with Crippen LogP contribution in [0.15, 0.2) is 6.07 Å². The summed E-state index contributed by atoms with van der Waals surface area (Å²) in [6, 6.07) is 1.22. The summed E-state index contributed by atoms with van der Waals surface area (Å²) in [4.78, 5) is 10.0. The van der Waals surface area contributed by atoms with Crippen molar-refractivity contribution in [3.05, 3.63) is 31.8 Å². The van der Waals surface area contributed by atoms with Gasteiger partial charge in [0.25, 0.3) is 0 Å². The first-order valence-corrected chi connectivity index (χ1v) is 4.41. The van der Waals surface area contributed by atoms with Crippen LogP contribution in [0.1, 0.15) is 5.56 Å². The Balaban J connectivity index is 3.51. The molecule has 0 saturated carbocycles. The van der Waals surface area contributed by atoms with Crippen LogP contribution in [0.25, 0.3) is 0 Å². The largest absolute Gasteiger partial charge is 0.489 e.